The minimum absolute atomic E-state index is 1.31. The molecule has 18 heavy (non-hydrogen) atoms. The Hall–Kier alpha value is -1.76. The van der Waals surface area contributed by atoms with Gasteiger partial charge in [-0.25, -0.2) is 0 Å². The van der Waals surface area contributed by atoms with Crippen LogP contribution in [0.2, 0.25) is 0 Å². The third kappa shape index (κ3) is 1.90. The Morgan fingerprint density at radius 3 is 1.50 bits per heavy atom. The minimum atomic E-state index is 1.31. The predicted octanol–water partition coefficient (Wildman–Crippen LogP) is 4.97. The highest BCUT2D eigenvalue weighted by molar-refractivity contribution is 6.08. The molecule has 0 unspecified atom stereocenters. The molecule has 0 aliphatic carbocycles. The van der Waals surface area contributed by atoms with Crippen LogP contribution in [0.25, 0.3) is 21.8 Å². The lowest BCUT2D eigenvalue weighted by Crippen LogP contribution is -1.86. The summed E-state index contributed by atoms with van der Waals surface area (Å²) in [7, 11) is 2.13. The molecule has 1 aromatic heterocycles. The second-order valence-electron chi connectivity index (χ2n) is 4.60. The molecule has 0 spiro atoms. The Labute approximate surface area is 109 Å². The first kappa shape index (κ1) is 12.7. The zero-order valence-corrected chi connectivity index (χ0v) is 11.9. The smallest absolute Gasteiger partial charge is 0.0488 e. The lowest BCUT2D eigenvalue weighted by molar-refractivity contribution is 1.01. The molecule has 0 amide bonds. The summed E-state index contributed by atoms with van der Waals surface area (Å²) in [5, 5.41) is 2.72. The molecule has 0 radical (unpaired) electrons. The maximum absolute atomic E-state index is 2.27. The number of rotatable bonds is 0. The first-order chi connectivity index (χ1) is 8.66. The van der Waals surface area contributed by atoms with E-state index in [0.717, 1.165) is 0 Å². The summed E-state index contributed by atoms with van der Waals surface area (Å²) < 4.78 is 2.27. The van der Waals surface area contributed by atoms with E-state index in [1.165, 1.54) is 32.9 Å². The molecule has 0 N–H and O–H groups in total. The van der Waals surface area contributed by atoms with Crippen LogP contribution in [0.1, 0.15) is 25.0 Å². The van der Waals surface area contributed by atoms with Gasteiger partial charge in [-0.15, -0.1) is 0 Å². The van der Waals surface area contributed by atoms with Crippen LogP contribution in [-0.2, 0) is 7.05 Å². The summed E-state index contributed by atoms with van der Waals surface area (Å²) in [5.41, 5.74) is 5.26. The summed E-state index contributed by atoms with van der Waals surface area (Å²) in [4.78, 5) is 0. The number of nitrogens with zero attached hydrogens (tertiary/aromatic N) is 1. The molecule has 0 saturated heterocycles. The van der Waals surface area contributed by atoms with Gasteiger partial charge in [-0.1, -0.05) is 37.1 Å². The van der Waals surface area contributed by atoms with Crippen LogP contribution >= 0.6 is 0 Å². The van der Waals surface area contributed by atoms with E-state index in [1.807, 2.05) is 13.8 Å². The molecular weight excluding hydrogens is 218 g/mol. The van der Waals surface area contributed by atoms with Gasteiger partial charge in [0.15, 0.2) is 0 Å². The number of hydrogen-bond acceptors (Lipinski definition) is 0. The third-order valence-corrected chi connectivity index (χ3v) is 3.32. The summed E-state index contributed by atoms with van der Waals surface area (Å²) >= 11 is 0. The SMILES string of the molecule is CC.Cc1ccc2c(c1)c1cc(C)ccc1n2C. The molecule has 3 rings (SSSR count). The van der Waals surface area contributed by atoms with Crippen molar-refractivity contribution in [2.45, 2.75) is 27.7 Å². The van der Waals surface area contributed by atoms with Gasteiger partial charge >= 0.3 is 0 Å². The van der Waals surface area contributed by atoms with Gasteiger partial charge in [-0.05, 0) is 38.1 Å². The van der Waals surface area contributed by atoms with E-state index >= 15 is 0 Å². The number of aromatic nitrogens is 1. The van der Waals surface area contributed by atoms with Crippen LogP contribution in [-0.4, -0.2) is 4.57 Å². The highest BCUT2D eigenvalue weighted by atomic mass is 14.9. The molecule has 1 heteroatoms. The average Bonchev–Trinajstić information content (AvgIpc) is 2.65. The Bertz CT molecular complexity index is 630. The highest BCUT2D eigenvalue weighted by Crippen LogP contribution is 2.29. The standard InChI is InChI=1S/C15H15N.C2H6/c1-10-4-6-14-12(8-10)13-9-11(2)5-7-15(13)16(14)3;1-2/h4-9H,1-3H3;1-2H3. The third-order valence-electron chi connectivity index (χ3n) is 3.32. The van der Waals surface area contributed by atoms with Crippen molar-refractivity contribution in [1.82, 2.24) is 4.57 Å². The normalized spacial score (nSPS) is 10.5. The largest absolute Gasteiger partial charge is 0.344 e. The Morgan fingerprint density at radius 1 is 0.722 bits per heavy atom. The van der Waals surface area contributed by atoms with Crippen molar-refractivity contribution in [3.8, 4) is 0 Å². The van der Waals surface area contributed by atoms with E-state index < -0.39 is 0 Å². The fourth-order valence-corrected chi connectivity index (χ4v) is 2.45. The van der Waals surface area contributed by atoms with E-state index in [0.29, 0.717) is 0 Å². The molecular formula is C17H21N. The molecule has 94 valence electrons. The minimum Gasteiger partial charge on any atom is -0.344 e. The Kier molecular flexibility index (Phi) is 3.42. The summed E-state index contributed by atoms with van der Waals surface area (Å²) in [6, 6.07) is 13.3. The molecule has 1 nitrogen and oxygen atoms in total. The Morgan fingerprint density at radius 2 is 1.11 bits per heavy atom. The summed E-state index contributed by atoms with van der Waals surface area (Å²) in [5.74, 6) is 0. The van der Waals surface area contributed by atoms with Gasteiger partial charge in [0.2, 0.25) is 0 Å². The second kappa shape index (κ2) is 4.85. The predicted molar refractivity (Wildman–Crippen MR) is 81.2 cm³/mol. The van der Waals surface area contributed by atoms with Crippen molar-refractivity contribution in [2.75, 3.05) is 0 Å². The fraction of sp³-hybridized carbons (Fsp3) is 0.294. The van der Waals surface area contributed by atoms with Crippen molar-refractivity contribution in [2.24, 2.45) is 7.05 Å². The van der Waals surface area contributed by atoms with Gasteiger partial charge < -0.3 is 4.57 Å². The molecule has 2 aromatic carbocycles. The van der Waals surface area contributed by atoms with Gasteiger partial charge in [0.05, 0.1) is 0 Å². The van der Waals surface area contributed by atoms with Crippen molar-refractivity contribution in [3.05, 3.63) is 47.5 Å². The zero-order valence-electron chi connectivity index (χ0n) is 11.9. The lowest BCUT2D eigenvalue weighted by Gasteiger charge is -1.97. The van der Waals surface area contributed by atoms with E-state index in [9.17, 15) is 0 Å². The maximum Gasteiger partial charge on any atom is 0.0488 e. The number of hydrogen-bond donors (Lipinski definition) is 0. The molecule has 0 fully saturated rings. The molecule has 0 atom stereocenters. The number of aryl methyl sites for hydroxylation is 3. The monoisotopic (exact) mass is 239 g/mol. The lowest BCUT2D eigenvalue weighted by atomic mass is 10.1. The molecule has 1 heterocycles. The van der Waals surface area contributed by atoms with Crippen LogP contribution in [0.4, 0.5) is 0 Å². The van der Waals surface area contributed by atoms with E-state index in [4.69, 9.17) is 0 Å². The molecule has 0 aliphatic heterocycles. The highest BCUT2D eigenvalue weighted by Gasteiger charge is 2.07. The van der Waals surface area contributed by atoms with Crippen LogP contribution in [0.3, 0.4) is 0 Å². The average molecular weight is 239 g/mol. The Balaban J connectivity index is 0.000000574. The fourth-order valence-electron chi connectivity index (χ4n) is 2.45. The van der Waals surface area contributed by atoms with E-state index in [-0.39, 0.29) is 0 Å². The topological polar surface area (TPSA) is 4.93 Å². The van der Waals surface area contributed by atoms with Crippen molar-refractivity contribution in [3.63, 3.8) is 0 Å². The van der Waals surface area contributed by atoms with Crippen LogP contribution in [0.15, 0.2) is 36.4 Å². The van der Waals surface area contributed by atoms with Gasteiger partial charge in [-0.2, -0.15) is 0 Å². The van der Waals surface area contributed by atoms with E-state index in [1.54, 1.807) is 0 Å². The van der Waals surface area contributed by atoms with Crippen molar-refractivity contribution < 1.29 is 0 Å². The van der Waals surface area contributed by atoms with Crippen LogP contribution in [0.5, 0.6) is 0 Å². The maximum atomic E-state index is 2.27. The van der Waals surface area contributed by atoms with Gasteiger partial charge in [-0.3, -0.25) is 0 Å². The summed E-state index contributed by atoms with van der Waals surface area (Å²) in [6.07, 6.45) is 0. The van der Waals surface area contributed by atoms with Gasteiger partial charge in [0.25, 0.3) is 0 Å². The second-order valence-corrected chi connectivity index (χ2v) is 4.60. The number of benzene rings is 2. The summed E-state index contributed by atoms with van der Waals surface area (Å²) in [6.45, 7) is 8.29. The first-order valence-corrected chi connectivity index (χ1v) is 6.62. The van der Waals surface area contributed by atoms with Gasteiger partial charge in [0.1, 0.15) is 0 Å². The first-order valence-electron chi connectivity index (χ1n) is 6.62. The van der Waals surface area contributed by atoms with Crippen LogP contribution < -0.4 is 0 Å². The number of fused-ring (bicyclic) bond motifs is 3. The van der Waals surface area contributed by atoms with Crippen molar-refractivity contribution >= 4 is 21.8 Å². The molecule has 0 bridgehead atoms. The van der Waals surface area contributed by atoms with Crippen molar-refractivity contribution in [1.29, 1.82) is 0 Å². The van der Waals surface area contributed by atoms with Crippen LogP contribution in [0, 0.1) is 13.8 Å². The van der Waals surface area contributed by atoms with E-state index in [2.05, 4.69) is 61.9 Å². The molecule has 0 aliphatic rings. The molecule has 0 saturated carbocycles. The zero-order chi connectivity index (χ0) is 13.3. The quantitative estimate of drug-likeness (QED) is 0.521. The van der Waals surface area contributed by atoms with Gasteiger partial charge in [0, 0.05) is 28.9 Å². The molecule has 3 aromatic rings.